The van der Waals surface area contributed by atoms with Crippen LogP contribution in [0.3, 0.4) is 0 Å². The molecule has 98 valence electrons. The summed E-state index contributed by atoms with van der Waals surface area (Å²) in [5, 5.41) is 14.1. The first kappa shape index (κ1) is 13.3. The maximum atomic E-state index is 10.7. The summed E-state index contributed by atoms with van der Waals surface area (Å²) < 4.78 is 0.773. The van der Waals surface area contributed by atoms with E-state index in [1.165, 1.54) is 0 Å². The van der Waals surface area contributed by atoms with Gasteiger partial charge in [-0.15, -0.1) is 0 Å². The zero-order chi connectivity index (χ0) is 13.3. The van der Waals surface area contributed by atoms with Crippen molar-refractivity contribution >= 4 is 27.3 Å². The van der Waals surface area contributed by atoms with E-state index in [1.807, 2.05) is 6.07 Å². The van der Waals surface area contributed by atoms with Crippen LogP contribution in [-0.2, 0) is 0 Å². The van der Waals surface area contributed by atoms with E-state index in [0.717, 1.165) is 29.8 Å². The SMILES string of the molecule is CC1(C)CN(c2ccc([N+](=O)[O-])cc2Br)CCN1. The summed E-state index contributed by atoms with van der Waals surface area (Å²) in [6.07, 6.45) is 0. The van der Waals surface area contributed by atoms with Crippen molar-refractivity contribution in [3.05, 3.63) is 32.8 Å². The molecule has 1 aliphatic heterocycles. The third kappa shape index (κ3) is 2.81. The first-order valence-electron chi connectivity index (χ1n) is 5.83. The molecule has 1 heterocycles. The fourth-order valence-corrected chi connectivity index (χ4v) is 2.83. The second-order valence-electron chi connectivity index (χ2n) is 5.13. The van der Waals surface area contributed by atoms with Gasteiger partial charge in [-0.25, -0.2) is 0 Å². The molecule has 1 aromatic rings. The molecule has 1 fully saturated rings. The van der Waals surface area contributed by atoms with Crippen LogP contribution < -0.4 is 10.2 Å². The Morgan fingerprint density at radius 3 is 2.78 bits per heavy atom. The van der Waals surface area contributed by atoms with Crippen LogP contribution in [0.25, 0.3) is 0 Å². The summed E-state index contributed by atoms with van der Waals surface area (Å²) in [5.41, 5.74) is 1.18. The highest BCUT2D eigenvalue weighted by Crippen LogP contribution is 2.31. The van der Waals surface area contributed by atoms with Crippen LogP contribution in [-0.4, -0.2) is 30.1 Å². The Balaban J connectivity index is 2.26. The molecule has 0 aromatic heterocycles. The smallest absolute Gasteiger partial charge is 0.270 e. The highest BCUT2D eigenvalue weighted by Gasteiger charge is 2.27. The highest BCUT2D eigenvalue weighted by atomic mass is 79.9. The molecule has 0 amide bonds. The number of rotatable bonds is 2. The van der Waals surface area contributed by atoms with Gasteiger partial charge in [0.15, 0.2) is 0 Å². The number of nitro groups is 1. The third-order valence-electron chi connectivity index (χ3n) is 3.05. The Labute approximate surface area is 114 Å². The standard InChI is InChI=1S/C12H16BrN3O2/c1-12(2)8-15(6-5-14-12)11-4-3-9(16(17)18)7-10(11)13/h3-4,7,14H,5-6,8H2,1-2H3. The highest BCUT2D eigenvalue weighted by molar-refractivity contribution is 9.10. The van der Waals surface area contributed by atoms with Gasteiger partial charge in [0.1, 0.15) is 0 Å². The van der Waals surface area contributed by atoms with Crippen LogP contribution in [0.1, 0.15) is 13.8 Å². The van der Waals surface area contributed by atoms with Crippen LogP contribution >= 0.6 is 15.9 Å². The minimum Gasteiger partial charge on any atom is -0.368 e. The van der Waals surface area contributed by atoms with Gasteiger partial charge in [0.2, 0.25) is 0 Å². The molecule has 0 radical (unpaired) electrons. The second kappa shape index (κ2) is 4.85. The van der Waals surface area contributed by atoms with E-state index in [4.69, 9.17) is 0 Å². The topological polar surface area (TPSA) is 58.4 Å². The molecular formula is C12H16BrN3O2. The van der Waals surface area contributed by atoms with E-state index in [1.54, 1.807) is 12.1 Å². The summed E-state index contributed by atoms with van der Waals surface area (Å²) in [7, 11) is 0. The van der Waals surface area contributed by atoms with Gasteiger partial charge in [0.05, 0.1) is 10.6 Å². The molecule has 0 aliphatic carbocycles. The Hall–Kier alpha value is -1.14. The van der Waals surface area contributed by atoms with Crippen molar-refractivity contribution in [1.29, 1.82) is 0 Å². The lowest BCUT2D eigenvalue weighted by atomic mass is 10.0. The molecule has 1 saturated heterocycles. The lowest BCUT2D eigenvalue weighted by Gasteiger charge is -2.40. The molecule has 1 aromatic carbocycles. The van der Waals surface area contributed by atoms with Gasteiger partial charge in [0, 0.05) is 41.8 Å². The Morgan fingerprint density at radius 1 is 1.50 bits per heavy atom. The van der Waals surface area contributed by atoms with Crippen LogP contribution in [0.15, 0.2) is 22.7 Å². The van der Waals surface area contributed by atoms with Crippen LogP contribution in [0, 0.1) is 10.1 Å². The minimum atomic E-state index is -0.379. The lowest BCUT2D eigenvalue weighted by molar-refractivity contribution is -0.384. The Morgan fingerprint density at radius 2 is 2.22 bits per heavy atom. The number of hydrogen-bond donors (Lipinski definition) is 1. The number of halogens is 1. The van der Waals surface area contributed by atoms with Crippen molar-refractivity contribution in [1.82, 2.24) is 5.32 Å². The Bertz CT molecular complexity index is 476. The van der Waals surface area contributed by atoms with E-state index in [0.29, 0.717) is 0 Å². The van der Waals surface area contributed by atoms with E-state index in [2.05, 4.69) is 40.0 Å². The predicted molar refractivity (Wildman–Crippen MR) is 75.1 cm³/mol. The minimum absolute atomic E-state index is 0.0550. The summed E-state index contributed by atoms with van der Waals surface area (Å²) in [5.74, 6) is 0. The van der Waals surface area contributed by atoms with Crippen LogP contribution in [0.5, 0.6) is 0 Å². The third-order valence-corrected chi connectivity index (χ3v) is 3.69. The molecule has 6 heteroatoms. The molecule has 18 heavy (non-hydrogen) atoms. The quantitative estimate of drug-likeness (QED) is 0.673. The van der Waals surface area contributed by atoms with Gasteiger partial charge >= 0.3 is 0 Å². The molecule has 1 N–H and O–H groups in total. The van der Waals surface area contributed by atoms with Crippen molar-refractivity contribution < 1.29 is 4.92 Å². The zero-order valence-corrected chi connectivity index (χ0v) is 12.0. The van der Waals surface area contributed by atoms with Crippen LogP contribution in [0.2, 0.25) is 0 Å². The summed E-state index contributed by atoms with van der Waals surface area (Å²) in [6.45, 7) is 7.00. The molecule has 2 rings (SSSR count). The maximum Gasteiger partial charge on any atom is 0.270 e. The fraction of sp³-hybridized carbons (Fsp3) is 0.500. The molecule has 1 aliphatic rings. The number of piperazine rings is 1. The van der Waals surface area contributed by atoms with Crippen molar-refractivity contribution in [3.8, 4) is 0 Å². The fourth-order valence-electron chi connectivity index (χ4n) is 2.21. The number of benzene rings is 1. The van der Waals surface area contributed by atoms with E-state index in [-0.39, 0.29) is 16.1 Å². The van der Waals surface area contributed by atoms with Crippen molar-refractivity contribution in [2.75, 3.05) is 24.5 Å². The first-order valence-corrected chi connectivity index (χ1v) is 6.62. The number of non-ortho nitro benzene ring substituents is 1. The van der Waals surface area contributed by atoms with E-state index in [9.17, 15) is 10.1 Å². The average Bonchev–Trinajstić information content (AvgIpc) is 2.27. The average molecular weight is 314 g/mol. The number of nitrogens with zero attached hydrogens (tertiary/aromatic N) is 2. The van der Waals surface area contributed by atoms with Crippen molar-refractivity contribution in [3.63, 3.8) is 0 Å². The lowest BCUT2D eigenvalue weighted by Crippen LogP contribution is -2.57. The monoisotopic (exact) mass is 313 g/mol. The largest absolute Gasteiger partial charge is 0.368 e. The number of nitrogens with one attached hydrogen (secondary N) is 1. The maximum absolute atomic E-state index is 10.7. The van der Waals surface area contributed by atoms with Gasteiger partial charge < -0.3 is 10.2 Å². The number of hydrogen-bond acceptors (Lipinski definition) is 4. The van der Waals surface area contributed by atoms with Gasteiger partial charge in [-0.2, -0.15) is 0 Å². The molecule has 0 spiro atoms. The molecule has 0 atom stereocenters. The number of nitro benzene ring substituents is 1. The van der Waals surface area contributed by atoms with E-state index < -0.39 is 0 Å². The summed E-state index contributed by atoms with van der Waals surface area (Å²) in [4.78, 5) is 12.6. The van der Waals surface area contributed by atoms with Gasteiger partial charge in [-0.3, -0.25) is 10.1 Å². The molecule has 5 nitrogen and oxygen atoms in total. The normalized spacial score (nSPS) is 18.7. The summed E-state index contributed by atoms with van der Waals surface area (Å²) in [6, 6.07) is 4.92. The molecule has 0 bridgehead atoms. The molecular weight excluding hydrogens is 298 g/mol. The summed E-state index contributed by atoms with van der Waals surface area (Å²) >= 11 is 3.42. The molecule has 0 unspecified atom stereocenters. The van der Waals surface area contributed by atoms with Crippen molar-refractivity contribution in [2.45, 2.75) is 19.4 Å². The van der Waals surface area contributed by atoms with Crippen LogP contribution in [0.4, 0.5) is 11.4 Å². The predicted octanol–water partition coefficient (Wildman–Crippen LogP) is 2.55. The zero-order valence-electron chi connectivity index (χ0n) is 10.4. The first-order chi connectivity index (χ1) is 8.39. The number of anilines is 1. The Kier molecular flexibility index (Phi) is 3.59. The molecule has 0 saturated carbocycles. The van der Waals surface area contributed by atoms with Crippen molar-refractivity contribution in [2.24, 2.45) is 0 Å². The van der Waals surface area contributed by atoms with Gasteiger partial charge in [-0.05, 0) is 35.8 Å². The van der Waals surface area contributed by atoms with E-state index >= 15 is 0 Å². The van der Waals surface area contributed by atoms with Gasteiger partial charge in [-0.1, -0.05) is 0 Å². The van der Waals surface area contributed by atoms with Gasteiger partial charge in [0.25, 0.3) is 5.69 Å². The second-order valence-corrected chi connectivity index (χ2v) is 5.98.